The zero-order valence-corrected chi connectivity index (χ0v) is 15.8. The average molecular weight is 361 g/mol. The van der Waals surface area contributed by atoms with Gasteiger partial charge in [0.05, 0.1) is 17.0 Å². The van der Waals surface area contributed by atoms with Crippen LogP contribution in [0.15, 0.2) is 27.8 Å². The Balaban J connectivity index is 1.40. The van der Waals surface area contributed by atoms with Crippen LogP contribution < -0.4 is 10.6 Å². The fourth-order valence-corrected chi connectivity index (χ4v) is 4.23. The molecule has 0 spiro atoms. The summed E-state index contributed by atoms with van der Waals surface area (Å²) in [5.41, 5.74) is 1.36. The van der Waals surface area contributed by atoms with Crippen molar-refractivity contribution in [2.45, 2.75) is 51.9 Å². The molecule has 0 bridgehead atoms. The number of furan rings is 1. The van der Waals surface area contributed by atoms with Crippen LogP contribution in [-0.2, 0) is 25.7 Å². The summed E-state index contributed by atoms with van der Waals surface area (Å²) in [6, 6.07) is 3.92. The molecule has 0 fully saturated rings. The molecule has 25 heavy (non-hydrogen) atoms. The van der Waals surface area contributed by atoms with Crippen LogP contribution in [0, 0.1) is 0 Å². The first-order chi connectivity index (χ1) is 12.3. The first-order valence-electron chi connectivity index (χ1n) is 9.37. The summed E-state index contributed by atoms with van der Waals surface area (Å²) >= 11 is 1.92. The minimum atomic E-state index is 0.818. The highest BCUT2D eigenvalue weighted by Gasteiger charge is 2.14. The molecule has 0 saturated heterocycles. The minimum Gasteiger partial charge on any atom is -0.469 e. The van der Waals surface area contributed by atoms with E-state index in [1.807, 2.05) is 23.5 Å². The zero-order chi connectivity index (χ0) is 17.3. The van der Waals surface area contributed by atoms with E-state index in [1.54, 1.807) is 6.26 Å². The standard InChI is InChI=1S/C19H28N4OS/c1-2-20-19(22-13-11-15-7-6-14-24-15)21-12-5-10-18-23-16-8-3-4-9-17(16)25-18/h6-7,14H,2-5,8-13H2,1H3,(H2,20,21,22). The molecular weight excluding hydrogens is 332 g/mol. The highest BCUT2D eigenvalue weighted by Crippen LogP contribution is 2.27. The topological polar surface area (TPSA) is 62.5 Å². The van der Waals surface area contributed by atoms with E-state index >= 15 is 0 Å². The Morgan fingerprint density at radius 3 is 3.00 bits per heavy atom. The molecule has 0 amide bonds. The number of nitrogens with zero attached hydrogens (tertiary/aromatic N) is 2. The maximum absolute atomic E-state index is 5.35. The molecule has 2 aromatic heterocycles. The number of hydrogen-bond acceptors (Lipinski definition) is 4. The van der Waals surface area contributed by atoms with E-state index in [1.165, 1.54) is 41.3 Å². The largest absolute Gasteiger partial charge is 0.469 e. The Morgan fingerprint density at radius 1 is 1.28 bits per heavy atom. The van der Waals surface area contributed by atoms with Crippen molar-refractivity contribution in [2.75, 3.05) is 19.6 Å². The molecule has 0 radical (unpaired) electrons. The van der Waals surface area contributed by atoms with Crippen molar-refractivity contribution in [2.24, 2.45) is 4.99 Å². The van der Waals surface area contributed by atoms with Crippen LogP contribution in [0.4, 0.5) is 0 Å². The van der Waals surface area contributed by atoms with Gasteiger partial charge in [-0.05, 0) is 51.2 Å². The first kappa shape index (κ1) is 18.0. The van der Waals surface area contributed by atoms with Gasteiger partial charge in [-0.1, -0.05) is 0 Å². The Kier molecular flexibility index (Phi) is 6.91. The number of fused-ring (bicyclic) bond motifs is 1. The third-order valence-electron chi connectivity index (χ3n) is 4.30. The van der Waals surface area contributed by atoms with Crippen molar-refractivity contribution in [1.29, 1.82) is 0 Å². The minimum absolute atomic E-state index is 0.818. The van der Waals surface area contributed by atoms with Crippen molar-refractivity contribution in [3.05, 3.63) is 39.7 Å². The number of aryl methyl sites for hydroxylation is 3. The molecule has 2 N–H and O–H groups in total. The second-order valence-electron chi connectivity index (χ2n) is 6.30. The lowest BCUT2D eigenvalue weighted by Gasteiger charge is -2.10. The fraction of sp³-hybridized carbons (Fsp3) is 0.579. The van der Waals surface area contributed by atoms with Gasteiger partial charge in [0.1, 0.15) is 5.76 Å². The number of hydrogen-bond donors (Lipinski definition) is 2. The Bertz CT molecular complexity index is 640. The van der Waals surface area contributed by atoms with Crippen molar-refractivity contribution in [3.63, 3.8) is 0 Å². The monoisotopic (exact) mass is 360 g/mol. The van der Waals surface area contributed by atoms with Crippen LogP contribution in [0.5, 0.6) is 0 Å². The molecule has 0 saturated carbocycles. The van der Waals surface area contributed by atoms with Crippen molar-refractivity contribution in [1.82, 2.24) is 15.6 Å². The molecule has 2 heterocycles. The number of thiazole rings is 1. The van der Waals surface area contributed by atoms with Crippen molar-refractivity contribution >= 4 is 17.3 Å². The van der Waals surface area contributed by atoms with Crippen LogP contribution in [0.3, 0.4) is 0 Å². The summed E-state index contributed by atoms with van der Waals surface area (Å²) in [6.07, 6.45) is 9.69. The van der Waals surface area contributed by atoms with E-state index in [0.29, 0.717) is 0 Å². The second-order valence-corrected chi connectivity index (χ2v) is 7.47. The fourth-order valence-electron chi connectivity index (χ4n) is 3.03. The molecule has 0 unspecified atom stereocenters. The number of rotatable bonds is 8. The maximum Gasteiger partial charge on any atom is 0.191 e. The van der Waals surface area contributed by atoms with Gasteiger partial charge < -0.3 is 15.1 Å². The number of aromatic nitrogens is 1. The molecule has 1 aliphatic carbocycles. The SMILES string of the molecule is CCNC(=NCCCc1nc2c(s1)CCCC2)NCCc1ccco1. The van der Waals surface area contributed by atoms with Crippen molar-refractivity contribution in [3.8, 4) is 0 Å². The molecule has 0 atom stereocenters. The molecule has 3 rings (SSSR count). The summed E-state index contributed by atoms with van der Waals surface area (Å²) in [6.45, 7) is 4.59. The van der Waals surface area contributed by atoms with Gasteiger partial charge in [0.15, 0.2) is 5.96 Å². The van der Waals surface area contributed by atoms with E-state index in [4.69, 9.17) is 9.40 Å². The molecule has 2 aromatic rings. The van der Waals surface area contributed by atoms with E-state index in [0.717, 1.165) is 50.6 Å². The highest BCUT2D eigenvalue weighted by molar-refractivity contribution is 7.11. The molecule has 0 aliphatic heterocycles. The molecule has 0 aromatic carbocycles. The molecule has 136 valence electrons. The van der Waals surface area contributed by atoms with Crippen molar-refractivity contribution < 1.29 is 4.42 Å². The van der Waals surface area contributed by atoms with Crippen LogP contribution in [0.2, 0.25) is 0 Å². The normalized spacial score (nSPS) is 14.4. The van der Waals surface area contributed by atoms with Gasteiger partial charge in [-0.25, -0.2) is 4.98 Å². The van der Waals surface area contributed by atoms with Gasteiger partial charge in [-0.3, -0.25) is 4.99 Å². The van der Waals surface area contributed by atoms with Gasteiger partial charge in [0.25, 0.3) is 0 Å². The number of guanidine groups is 1. The smallest absolute Gasteiger partial charge is 0.191 e. The zero-order valence-electron chi connectivity index (χ0n) is 15.0. The molecule has 6 heteroatoms. The van der Waals surface area contributed by atoms with Gasteiger partial charge in [-0.2, -0.15) is 0 Å². The lowest BCUT2D eigenvalue weighted by molar-refractivity contribution is 0.507. The van der Waals surface area contributed by atoms with Gasteiger partial charge in [0.2, 0.25) is 0 Å². The molecule has 5 nitrogen and oxygen atoms in total. The van der Waals surface area contributed by atoms with Crippen LogP contribution in [0.1, 0.15) is 47.5 Å². The predicted octanol–water partition coefficient (Wildman–Crippen LogP) is 3.35. The Morgan fingerprint density at radius 2 is 2.20 bits per heavy atom. The third kappa shape index (κ3) is 5.59. The Hall–Kier alpha value is -1.82. The molecule has 1 aliphatic rings. The van der Waals surface area contributed by atoms with Crippen LogP contribution in [-0.4, -0.2) is 30.6 Å². The second kappa shape index (κ2) is 9.61. The van der Waals surface area contributed by atoms with E-state index in [-0.39, 0.29) is 0 Å². The summed E-state index contributed by atoms with van der Waals surface area (Å²) in [5.74, 6) is 1.88. The summed E-state index contributed by atoms with van der Waals surface area (Å²) in [5, 5.41) is 7.95. The van der Waals surface area contributed by atoms with Crippen LogP contribution >= 0.6 is 11.3 Å². The predicted molar refractivity (Wildman–Crippen MR) is 103 cm³/mol. The van der Waals surface area contributed by atoms with Crippen LogP contribution in [0.25, 0.3) is 0 Å². The highest BCUT2D eigenvalue weighted by atomic mass is 32.1. The summed E-state index contributed by atoms with van der Waals surface area (Å²) < 4.78 is 5.35. The quantitative estimate of drug-likeness (QED) is 0.430. The maximum atomic E-state index is 5.35. The summed E-state index contributed by atoms with van der Waals surface area (Å²) in [4.78, 5) is 11.0. The number of nitrogens with one attached hydrogen (secondary N) is 2. The third-order valence-corrected chi connectivity index (χ3v) is 5.51. The molecular formula is C19H28N4OS. The Labute approximate surface area is 154 Å². The van der Waals surface area contributed by atoms with Gasteiger partial charge in [-0.15, -0.1) is 11.3 Å². The first-order valence-corrected chi connectivity index (χ1v) is 10.2. The van der Waals surface area contributed by atoms with Gasteiger partial charge in [0, 0.05) is 37.4 Å². The van der Waals surface area contributed by atoms with E-state index in [2.05, 4.69) is 22.5 Å². The van der Waals surface area contributed by atoms with Gasteiger partial charge >= 0.3 is 0 Å². The lowest BCUT2D eigenvalue weighted by Crippen LogP contribution is -2.38. The number of aliphatic imine (C=N–C) groups is 1. The van der Waals surface area contributed by atoms with E-state index < -0.39 is 0 Å². The van der Waals surface area contributed by atoms with E-state index in [9.17, 15) is 0 Å². The summed E-state index contributed by atoms with van der Waals surface area (Å²) in [7, 11) is 0. The lowest BCUT2D eigenvalue weighted by atomic mass is 10.0. The average Bonchev–Trinajstić information content (AvgIpc) is 3.27.